The van der Waals surface area contributed by atoms with E-state index in [9.17, 15) is 9.59 Å². The molecule has 0 aromatic heterocycles. The minimum absolute atomic E-state index is 0.303. The Hall–Kier alpha value is -3.08. The maximum Gasteiger partial charge on any atom is 0.277 e. The van der Waals surface area contributed by atoms with E-state index in [1.54, 1.807) is 0 Å². The van der Waals surface area contributed by atoms with Crippen LogP contribution in [0.1, 0.15) is 30.5 Å². The third-order valence-corrected chi connectivity index (χ3v) is 4.67. The minimum atomic E-state index is -0.332. The zero-order valence-electron chi connectivity index (χ0n) is 17.0. The Morgan fingerprint density at radius 1 is 1.00 bits per heavy atom. The lowest BCUT2D eigenvalue weighted by atomic mass is 10.0. The van der Waals surface area contributed by atoms with Gasteiger partial charge in [0.2, 0.25) is 0 Å². The largest absolute Gasteiger partial charge is 0.493 e. The molecule has 1 aliphatic heterocycles. The summed E-state index contributed by atoms with van der Waals surface area (Å²) in [4.78, 5) is 26.6. The van der Waals surface area contributed by atoms with E-state index in [0.717, 1.165) is 27.5 Å². The molecule has 2 aromatic carbocycles. The molecule has 0 spiro atoms. The summed E-state index contributed by atoms with van der Waals surface area (Å²) in [5.74, 6) is 0.528. The van der Waals surface area contributed by atoms with Crippen molar-refractivity contribution >= 4 is 23.1 Å². The van der Waals surface area contributed by atoms with Crippen LogP contribution in [0.15, 0.2) is 48.2 Å². The van der Waals surface area contributed by atoms with E-state index >= 15 is 0 Å². The number of amides is 2. The van der Waals surface area contributed by atoms with Crippen LogP contribution in [0.2, 0.25) is 0 Å². The molecule has 0 saturated carbocycles. The molecule has 28 heavy (non-hydrogen) atoms. The topological polar surface area (TPSA) is 58.6 Å². The third-order valence-electron chi connectivity index (χ3n) is 4.67. The van der Waals surface area contributed by atoms with Crippen molar-refractivity contribution in [3.05, 3.63) is 64.9 Å². The van der Waals surface area contributed by atoms with E-state index in [1.807, 2.05) is 56.3 Å². The van der Waals surface area contributed by atoms with Gasteiger partial charge >= 0.3 is 0 Å². The van der Waals surface area contributed by atoms with Gasteiger partial charge in [-0.2, -0.15) is 0 Å². The number of likely N-dealkylation sites (N-methyl/N-ethyl adjacent to an activating group) is 1. The maximum atomic E-state index is 12.7. The number of imide groups is 1. The second-order valence-electron chi connectivity index (χ2n) is 7.59. The van der Waals surface area contributed by atoms with Crippen molar-refractivity contribution in [2.75, 3.05) is 19.0 Å². The lowest BCUT2D eigenvalue weighted by Crippen LogP contribution is -2.28. The molecule has 0 saturated heterocycles. The van der Waals surface area contributed by atoms with E-state index in [1.165, 1.54) is 7.05 Å². The normalized spacial score (nSPS) is 14.3. The Bertz CT molecular complexity index is 943. The van der Waals surface area contributed by atoms with Gasteiger partial charge in [-0.15, -0.1) is 0 Å². The van der Waals surface area contributed by atoms with Crippen molar-refractivity contribution in [1.82, 2.24) is 4.90 Å². The standard InChI is InChI=1S/C23H26N2O3/c1-14(2)13-28-18-10-8-17(9-11-18)20-21(23(27)25(5)22(20)26)24-19-12-15(3)6-7-16(19)4/h6-12,14,24H,13H2,1-5H3. The highest BCUT2D eigenvalue weighted by Gasteiger charge is 2.36. The first-order valence-electron chi connectivity index (χ1n) is 9.42. The highest BCUT2D eigenvalue weighted by atomic mass is 16.5. The van der Waals surface area contributed by atoms with Crippen LogP contribution in [0.5, 0.6) is 5.75 Å². The van der Waals surface area contributed by atoms with Gasteiger partial charge in [-0.3, -0.25) is 14.5 Å². The van der Waals surface area contributed by atoms with Crippen LogP contribution in [0.3, 0.4) is 0 Å². The van der Waals surface area contributed by atoms with Gasteiger partial charge in [0.05, 0.1) is 12.2 Å². The molecular formula is C23H26N2O3. The Balaban J connectivity index is 1.97. The number of rotatable bonds is 6. The molecule has 0 aliphatic carbocycles. The summed E-state index contributed by atoms with van der Waals surface area (Å²) in [7, 11) is 1.50. The second-order valence-corrected chi connectivity index (χ2v) is 7.59. The zero-order chi connectivity index (χ0) is 20.4. The summed E-state index contributed by atoms with van der Waals surface area (Å²) in [6.07, 6.45) is 0. The Labute approximate surface area is 166 Å². The molecule has 0 bridgehead atoms. The molecular weight excluding hydrogens is 352 g/mol. The molecule has 1 aliphatic rings. The summed E-state index contributed by atoms with van der Waals surface area (Å²) in [5, 5.41) is 3.20. The molecule has 5 nitrogen and oxygen atoms in total. The molecule has 0 unspecified atom stereocenters. The summed E-state index contributed by atoms with van der Waals surface area (Å²) in [5.41, 5.74) is 4.27. The lowest BCUT2D eigenvalue weighted by Gasteiger charge is -2.12. The lowest BCUT2D eigenvalue weighted by molar-refractivity contribution is -0.135. The van der Waals surface area contributed by atoms with Crippen molar-refractivity contribution in [3.63, 3.8) is 0 Å². The third kappa shape index (κ3) is 3.93. The number of nitrogens with zero attached hydrogens (tertiary/aromatic N) is 1. The number of hydrogen-bond donors (Lipinski definition) is 1. The number of nitrogens with one attached hydrogen (secondary N) is 1. The van der Waals surface area contributed by atoms with Crippen LogP contribution in [-0.2, 0) is 9.59 Å². The Morgan fingerprint density at radius 3 is 2.32 bits per heavy atom. The van der Waals surface area contributed by atoms with Crippen LogP contribution in [0, 0.1) is 19.8 Å². The minimum Gasteiger partial charge on any atom is -0.493 e. The average molecular weight is 378 g/mol. The van der Waals surface area contributed by atoms with Gasteiger partial charge < -0.3 is 10.1 Å². The molecule has 3 rings (SSSR count). The van der Waals surface area contributed by atoms with E-state index in [-0.39, 0.29) is 11.8 Å². The van der Waals surface area contributed by atoms with Crippen molar-refractivity contribution in [1.29, 1.82) is 0 Å². The fraction of sp³-hybridized carbons (Fsp3) is 0.304. The summed E-state index contributed by atoms with van der Waals surface area (Å²) in [6.45, 7) is 8.76. The molecule has 2 amide bonds. The van der Waals surface area contributed by atoms with Crippen molar-refractivity contribution < 1.29 is 14.3 Å². The van der Waals surface area contributed by atoms with Crippen LogP contribution in [-0.4, -0.2) is 30.4 Å². The SMILES string of the molecule is Cc1ccc(C)c(NC2=C(c3ccc(OCC(C)C)cc3)C(=O)N(C)C2=O)c1. The first kappa shape index (κ1) is 19.7. The highest BCUT2D eigenvalue weighted by Crippen LogP contribution is 2.31. The van der Waals surface area contributed by atoms with Crippen molar-refractivity contribution in [3.8, 4) is 5.75 Å². The van der Waals surface area contributed by atoms with Gasteiger partial charge in [0.25, 0.3) is 11.8 Å². The number of carbonyl (C=O) groups is 2. The summed E-state index contributed by atoms with van der Waals surface area (Å²) < 4.78 is 5.71. The monoisotopic (exact) mass is 378 g/mol. The highest BCUT2D eigenvalue weighted by molar-refractivity contribution is 6.36. The van der Waals surface area contributed by atoms with Gasteiger partial charge in [0.1, 0.15) is 11.4 Å². The van der Waals surface area contributed by atoms with Crippen LogP contribution in [0.25, 0.3) is 5.57 Å². The first-order chi connectivity index (χ1) is 13.3. The molecule has 1 heterocycles. The first-order valence-corrected chi connectivity index (χ1v) is 9.42. The fourth-order valence-corrected chi connectivity index (χ4v) is 3.01. The number of aryl methyl sites for hydroxylation is 2. The molecule has 1 N–H and O–H groups in total. The predicted octanol–water partition coefficient (Wildman–Crippen LogP) is 4.16. The quantitative estimate of drug-likeness (QED) is 0.767. The number of carbonyl (C=O) groups excluding carboxylic acids is 2. The van der Waals surface area contributed by atoms with E-state index < -0.39 is 0 Å². The average Bonchev–Trinajstić information content (AvgIpc) is 2.87. The van der Waals surface area contributed by atoms with Gasteiger partial charge in [-0.05, 0) is 54.7 Å². The fourth-order valence-electron chi connectivity index (χ4n) is 3.01. The van der Waals surface area contributed by atoms with Gasteiger partial charge in [-0.1, -0.05) is 38.1 Å². The molecule has 0 atom stereocenters. The zero-order valence-corrected chi connectivity index (χ0v) is 17.0. The van der Waals surface area contributed by atoms with E-state index in [4.69, 9.17) is 4.74 Å². The number of anilines is 1. The molecule has 0 fully saturated rings. The number of benzene rings is 2. The maximum absolute atomic E-state index is 12.7. The molecule has 2 aromatic rings. The molecule has 146 valence electrons. The van der Waals surface area contributed by atoms with Crippen molar-refractivity contribution in [2.24, 2.45) is 5.92 Å². The smallest absolute Gasteiger partial charge is 0.277 e. The van der Waals surface area contributed by atoms with Gasteiger partial charge in [0.15, 0.2) is 0 Å². The van der Waals surface area contributed by atoms with Crippen LogP contribution < -0.4 is 10.1 Å². The van der Waals surface area contributed by atoms with Gasteiger partial charge in [-0.25, -0.2) is 0 Å². The summed E-state index contributed by atoms with van der Waals surface area (Å²) in [6, 6.07) is 13.3. The molecule has 5 heteroatoms. The number of hydrogen-bond acceptors (Lipinski definition) is 4. The van der Waals surface area contributed by atoms with Crippen molar-refractivity contribution in [2.45, 2.75) is 27.7 Å². The summed E-state index contributed by atoms with van der Waals surface area (Å²) >= 11 is 0. The van der Waals surface area contributed by atoms with Crippen LogP contribution in [0.4, 0.5) is 5.69 Å². The molecule has 0 radical (unpaired) electrons. The van der Waals surface area contributed by atoms with Crippen LogP contribution >= 0.6 is 0 Å². The van der Waals surface area contributed by atoms with E-state index in [0.29, 0.717) is 29.4 Å². The second kappa shape index (κ2) is 7.89. The number of ether oxygens (including phenoxy) is 1. The Morgan fingerprint density at radius 2 is 1.68 bits per heavy atom. The Kier molecular flexibility index (Phi) is 5.54. The van der Waals surface area contributed by atoms with Gasteiger partial charge in [0, 0.05) is 12.7 Å². The van der Waals surface area contributed by atoms with E-state index in [2.05, 4.69) is 19.2 Å². The predicted molar refractivity (Wildman–Crippen MR) is 111 cm³/mol.